The van der Waals surface area contributed by atoms with E-state index >= 15 is 0 Å². The molecule has 0 atom stereocenters. The van der Waals surface area contributed by atoms with Crippen molar-refractivity contribution in [1.82, 2.24) is 15.0 Å². The van der Waals surface area contributed by atoms with E-state index in [1.165, 1.54) is 0 Å². The highest BCUT2D eigenvalue weighted by atomic mass is 16.3. The van der Waals surface area contributed by atoms with E-state index in [1.807, 2.05) is 30.3 Å². The molecule has 2 N–H and O–H groups in total. The molecule has 3 rings (SSSR count). The second-order valence-electron chi connectivity index (χ2n) is 3.96. The highest BCUT2D eigenvalue weighted by Crippen LogP contribution is 2.23. The molecule has 0 unspecified atom stereocenters. The fourth-order valence-electron chi connectivity index (χ4n) is 1.80. The molecule has 0 aliphatic carbocycles. The molecule has 3 aromatic heterocycles. The third-order valence-corrected chi connectivity index (χ3v) is 2.73. The number of hydrogen-bond donors (Lipinski definition) is 1. The Labute approximate surface area is 110 Å². The molecule has 0 saturated carbocycles. The van der Waals surface area contributed by atoms with Gasteiger partial charge in [-0.25, -0.2) is 9.97 Å². The molecule has 0 aromatic carbocycles. The standard InChI is InChI=1S/C14H12N4O/c15-8-10-9-17-14(11-4-1-2-6-16-11)18-13(10)12-5-3-7-19-12/h1-7,9H,8,15H2. The molecular formula is C14H12N4O. The zero-order valence-corrected chi connectivity index (χ0v) is 10.2. The number of nitrogens with zero attached hydrogens (tertiary/aromatic N) is 3. The van der Waals surface area contributed by atoms with Crippen LogP contribution < -0.4 is 5.73 Å². The first-order valence-electron chi connectivity index (χ1n) is 5.90. The van der Waals surface area contributed by atoms with Crippen LogP contribution in [-0.2, 0) is 6.54 Å². The van der Waals surface area contributed by atoms with Crippen LogP contribution in [0.5, 0.6) is 0 Å². The molecular weight excluding hydrogens is 240 g/mol. The summed E-state index contributed by atoms with van der Waals surface area (Å²) in [6.45, 7) is 0.360. The summed E-state index contributed by atoms with van der Waals surface area (Å²) >= 11 is 0. The molecule has 0 aliphatic heterocycles. The summed E-state index contributed by atoms with van der Waals surface area (Å²) in [6.07, 6.45) is 5.04. The molecule has 3 aromatic rings. The van der Waals surface area contributed by atoms with Gasteiger partial charge in [0.05, 0.1) is 6.26 Å². The molecule has 0 aliphatic rings. The van der Waals surface area contributed by atoms with Crippen LogP contribution in [0.2, 0.25) is 0 Å². The van der Waals surface area contributed by atoms with Gasteiger partial charge in [-0.2, -0.15) is 0 Å². The predicted octanol–water partition coefficient (Wildman–Crippen LogP) is 2.26. The van der Waals surface area contributed by atoms with E-state index < -0.39 is 0 Å². The van der Waals surface area contributed by atoms with E-state index in [-0.39, 0.29) is 0 Å². The second-order valence-corrected chi connectivity index (χ2v) is 3.96. The molecule has 0 saturated heterocycles. The van der Waals surface area contributed by atoms with Crippen molar-refractivity contribution >= 4 is 0 Å². The number of pyridine rings is 1. The molecule has 19 heavy (non-hydrogen) atoms. The van der Waals surface area contributed by atoms with E-state index in [0.29, 0.717) is 23.8 Å². The van der Waals surface area contributed by atoms with E-state index in [1.54, 1.807) is 18.7 Å². The fraction of sp³-hybridized carbons (Fsp3) is 0.0714. The zero-order valence-electron chi connectivity index (χ0n) is 10.2. The first-order chi connectivity index (χ1) is 9.38. The van der Waals surface area contributed by atoms with Crippen molar-refractivity contribution in [2.45, 2.75) is 6.54 Å². The smallest absolute Gasteiger partial charge is 0.178 e. The predicted molar refractivity (Wildman–Crippen MR) is 70.9 cm³/mol. The Bertz CT molecular complexity index is 665. The molecule has 0 bridgehead atoms. The van der Waals surface area contributed by atoms with Crippen LogP contribution in [0.3, 0.4) is 0 Å². The van der Waals surface area contributed by atoms with Crippen molar-refractivity contribution < 1.29 is 4.42 Å². The third kappa shape index (κ3) is 2.23. The fourth-order valence-corrected chi connectivity index (χ4v) is 1.80. The minimum Gasteiger partial charge on any atom is -0.463 e. The average Bonchev–Trinajstić information content (AvgIpc) is 3.01. The van der Waals surface area contributed by atoms with Gasteiger partial charge in [0.15, 0.2) is 11.6 Å². The lowest BCUT2D eigenvalue weighted by Crippen LogP contribution is -2.03. The maximum absolute atomic E-state index is 5.71. The highest BCUT2D eigenvalue weighted by molar-refractivity contribution is 5.60. The summed E-state index contributed by atoms with van der Waals surface area (Å²) in [6, 6.07) is 9.28. The summed E-state index contributed by atoms with van der Waals surface area (Å²) in [5.74, 6) is 1.24. The van der Waals surface area contributed by atoms with Gasteiger partial charge in [-0.15, -0.1) is 0 Å². The van der Waals surface area contributed by atoms with Crippen LogP contribution in [0.4, 0.5) is 0 Å². The Hall–Kier alpha value is -2.53. The van der Waals surface area contributed by atoms with Gasteiger partial charge >= 0.3 is 0 Å². The SMILES string of the molecule is NCc1cnc(-c2ccccn2)nc1-c1ccco1. The Morgan fingerprint density at radius 1 is 1.11 bits per heavy atom. The summed E-state index contributed by atoms with van der Waals surface area (Å²) < 4.78 is 5.39. The molecule has 0 radical (unpaired) electrons. The van der Waals surface area contributed by atoms with Crippen LogP contribution in [0.15, 0.2) is 53.4 Å². The van der Waals surface area contributed by atoms with Crippen molar-refractivity contribution in [1.29, 1.82) is 0 Å². The molecule has 0 spiro atoms. The van der Waals surface area contributed by atoms with E-state index in [2.05, 4.69) is 15.0 Å². The van der Waals surface area contributed by atoms with E-state index in [4.69, 9.17) is 10.2 Å². The maximum atomic E-state index is 5.71. The number of furan rings is 1. The topological polar surface area (TPSA) is 77.8 Å². The first-order valence-corrected chi connectivity index (χ1v) is 5.90. The van der Waals surface area contributed by atoms with Crippen LogP contribution in [-0.4, -0.2) is 15.0 Å². The van der Waals surface area contributed by atoms with Crippen LogP contribution in [0.25, 0.3) is 23.0 Å². The number of hydrogen-bond acceptors (Lipinski definition) is 5. The van der Waals surface area contributed by atoms with Crippen molar-refractivity contribution in [2.24, 2.45) is 5.73 Å². The quantitative estimate of drug-likeness (QED) is 0.773. The van der Waals surface area contributed by atoms with Crippen LogP contribution >= 0.6 is 0 Å². The number of nitrogens with two attached hydrogens (primary N) is 1. The summed E-state index contributed by atoms with van der Waals surface area (Å²) in [4.78, 5) is 13.0. The lowest BCUT2D eigenvalue weighted by molar-refractivity contribution is 0.579. The van der Waals surface area contributed by atoms with Gasteiger partial charge in [-0.3, -0.25) is 4.98 Å². The molecule has 5 nitrogen and oxygen atoms in total. The van der Waals surface area contributed by atoms with Crippen molar-refractivity contribution in [3.63, 3.8) is 0 Å². The summed E-state index contributed by atoms with van der Waals surface area (Å²) in [5.41, 5.74) is 7.98. The first kappa shape index (κ1) is 11.6. The average molecular weight is 252 g/mol. The van der Waals surface area contributed by atoms with Gasteiger partial charge in [-0.1, -0.05) is 6.07 Å². The monoisotopic (exact) mass is 252 g/mol. The van der Waals surface area contributed by atoms with E-state index in [9.17, 15) is 0 Å². The maximum Gasteiger partial charge on any atom is 0.178 e. The highest BCUT2D eigenvalue weighted by Gasteiger charge is 2.12. The minimum atomic E-state index is 0.360. The Morgan fingerprint density at radius 3 is 2.74 bits per heavy atom. The number of aromatic nitrogens is 3. The van der Waals surface area contributed by atoms with Crippen molar-refractivity contribution in [2.75, 3.05) is 0 Å². The second kappa shape index (κ2) is 4.99. The van der Waals surface area contributed by atoms with Crippen molar-refractivity contribution in [3.8, 4) is 23.0 Å². The van der Waals surface area contributed by atoms with Gasteiger partial charge < -0.3 is 10.2 Å². The largest absolute Gasteiger partial charge is 0.463 e. The Kier molecular flexibility index (Phi) is 3.04. The van der Waals surface area contributed by atoms with E-state index in [0.717, 1.165) is 11.3 Å². The summed E-state index contributed by atoms with van der Waals surface area (Å²) in [5, 5.41) is 0. The van der Waals surface area contributed by atoms with Crippen molar-refractivity contribution in [3.05, 3.63) is 54.6 Å². The lowest BCUT2D eigenvalue weighted by atomic mass is 10.2. The normalized spacial score (nSPS) is 10.6. The van der Waals surface area contributed by atoms with Gasteiger partial charge in [-0.05, 0) is 24.3 Å². The molecule has 94 valence electrons. The van der Waals surface area contributed by atoms with Gasteiger partial charge in [0, 0.05) is 24.5 Å². The molecule has 3 heterocycles. The van der Waals surface area contributed by atoms with Gasteiger partial charge in [0.25, 0.3) is 0 Å². The van der Waals surface area contributed by atoms with Gasteiger partial charge in [0.1, 0.15) is 11.4 Å². The molecule has 0 fully saturated rings. The lowest BCUT2D eigenvalue weighted by Gasteiger charge is -2.06. The number of rotatable bonds is 3. The van der Waals surface area contributed by atoms with Crippen LogP contribution in [0, 0.1) is 0 Å². The molecule has 5 heteroatoms. The Balaban J connectivity index is 2.13. The molecule has 0 amide bonds. The zero-order chi connectivity index (χ0) is 13.1. The minimum absolute atomic E-state index is 0.360. The van der Waals surface area contributed by atoms with Crippen LogP contribution in [0.1, 0.15) is 5.56 Å². The summed E-state index contributed by atoms with van der Waals surface area (Å²) in [7, 11) is 0. The van der Waals surface area contributed by atoms with Gasteiger partial charge in [0.2, 0.25) is 0 Å². The third-order valence-electron chi connectivity index (χ3n) is 2.73. The Morgan fingerprint density at radius 2 is 2.05 bits per heavy atom.